The van der Waals surface area contributed by atoms with Gasteiger partial charge in [0.05, 0.1) is 22.1 Å². The Morgan fingerprint density at radius 2 is 0.944 bits per heavy atom. The Bertz CT molecular complexity index is 4780. The fraction of sp³-hybridized carbons (Fsp3) is 0.0441. The Balaban J connectivity index is 0.865. The highest BCUT2D eigenvalue weighted by Gasteiger charge is 2.38. The summed E-state index contributed by atoms with van der Waals surface area (Å²) in [6.07, 6.45) is 3.91. The molecule has 0 saturated heterocycles. The monoisotopic (exact) mass is 917 g/mol. The summed E-state index contributed by atoms with van der Waals surface area (Å²) >= 11 is 0. The normalized spacial score (nSPS) is 13.2. The van der Waals surface area contributed by atoms with E-state index in [4.69, 9.17) is 4.42 Å². The third-order valence-electron chi connectivity index (χ3n) is 16.2. The number of para-hydroxylation sites is 3. The third-order valence-corrected chi connectivity index (χ3v) is 16.2. The van der Waals surface area contributed by atoms with Gasteiger partial charge in [-0.1, -0.05) is 153 Å². The molecule has 0 amide bonds. The molecule has 0 atom stereocenters. The zero-order valence-electron chi connectivity index (χ0n) is 39.6. The Kier molecular flexibility index (Phi) is 7.92. The van der Waals surface area contributed by atoms with Gasteiger partial charge in [-0.25, -0.2) is 0 Å². The van der Waals surface area contributed by atoms with Crippen LogP contribution >= 0.6 is 0 Å². The van der Waals surface area contributed by atoms with Crippen LogP contribution in [-0.2, 0) is 5.41 Å². The molecule has 11 aromatic carbocycles. The van der Waals surface area contributed by atoms with Crippen molar-refractivity contribution in [3.63, 3.8) is 0 Å². The van der Waals surface area contributed by atoms with Gasteiger partial charge in [0.25, 0.3) is 0 Å². The maximum Gasteiger partial charge on any atom is 0.143 e. The van der Waals surface area contributed by atoms with Crippen molar-refractivity contribution in [3.8, 4) is 44.8 Å². The fourth-order valence-corrected chi connectivity index (χ4v) is 12.9. The number of benzene rings is 11. The van der Waals surface area contributed by atoms with Crippen molar-refractivity contribution >= 4 is 97.9 Å². The first kappa shape index (κ1) is 39.6. The second kappa shape index (κ2) is 14.4. The third kappa shape index (κ3) is 5.33. The highest BCUT2D eigenvalue weighted by molar-refractivity contribution is 6.30. The Morgan fingerprint density at radius 1 is 0.375 bits per heavy atom. The van der Waals surface area contributed by atoms with Crippen molar-refractivity contribution in [2.45, 2.75) is 19.3 Å². The SMILES string of the molecule is CC1(C)c2cc3c4cc(-c5ccc6c(c5)c5cnccc5n6-c5ccc(-c6cccc7c6oc6ccccc67)cc5)ccc4n(-c4ccccc4)c3cc2-c2c1ccc1c3ccccc3c3ccccc3c21. The maximum absolute atomic E-state index is 6.43. The molecule has 4 aromatic heterocycles. The van der Waals surface area contributed by atoms with Crippen LogP contribution in [0.2, 0.25) is 0 Å². The lowest BCUT2D eigenvalue weighted by molar-refractivity contribution is 0.661. The zero-order chi connectivity index (χ0) is 47.4. The quantitative estimate of drug-likeness (QED) is 0.165. The minimum absolute atomic E-state index is 0.214. The number of fused-ring (bicyclic) bond motifs is 19. The van der Waals surface area contributed by atoms with Crippen molar-refractivity contribution in [1.82, 2.24) is 14.1 Å². The lowest BCUT2D eigenvalue weighted by Gasteiger charge is -2.22. The van der Waals surface area contributed by atoms with Crippen molar-refractivity contribution < 1.29 is 4.42 Å². The van der Waals surface area contributed by atoms with Gasteiger partial charge in [0.1, 0.15) is 11.2 Å². The van der Waals surface area contributed by atoms with Crippen LogP contribution in [-0.4, -0.2) is 14.1 Å². The molecule has 0 aliphatic heterocycles. The molecule has 0 N–H and O–H groups in total. The summed E-state index contributed by atoms with van der Waals surface area (Å²) in [6, 6.07) is 78.3. The second-order valence-corrected chi connectivity index (χ2v) is 20.2. The lowest BCUT2D eigenvalue weighted by atomic mass is 9.81. The first-order valence-corrected chi connectivity index (χ1v) is 24.9. The number of aromatic nitrogens is 3. The fourth-order valence-electron chi connectivity index (χ4n) is 12.9. The molecule has 0 radical (unpaired) electrons. The molecule has 1 aliphatic rings. The van der Waals surface area contributed by atoms with Gasteiger partial charge in [0.2, 0.25) is 0 Å². The summed E-state index contributed by atoms with van der Waals surface area (Å²) in [7, 11) is 0. The molecule has 1 aliphatic carbocycles. The van der Waals surface area contributed by atoms with E-state index in [1.54, 1.807) is 0 Å². The largest absolute Gasteiger partial charge is 0.455 e. The summed E-state index contributed by atoms with van der Waals surface area (Å²) in [5.74, 6) is 0. The Labute approximate surface area is 414 Å². The van der Waals surface area contributed by atoms with E-state index in [2.05, 4.69) is 228 Å². The molecule has 15 aromatic rings. The van der Waals surface area contributed by atoms with Gasteiger partial charge in [-0.3, -0.25) is 4.98 Å². The van der Waals surface area contributed by atoms with Crippen LogP contribution in [0.5, 0.6) is 0 Å². The molecule has 72 heavy (non-hydrogen) atoms. The van der Waals surface area contributed by atoms with Crippen LogP contribution in [0.25, 0.3) is 143 Å². The Hall–Kier alpha value is -9.25. The van der Waals surface area contributed by atoms with E-state index >= 15 is 0 Å². The van der Waals surface area contributed by atoms with Crippen molar-refractivity contribution in [2.24, 2.45) is 0 Å². The summed E-state index contributed by atoms with van der Waals surface area (Å²) in [5.41, 5.74) is 18.5. The molecule has 4 heteroatoms. The summed E-state index contributed by atoms with van der Waals surface area (Å²) in [4.78, 5) is 4.65. The maximum atomic E-state index is 6.43. The molecular formula is C68H43N3O. The van der Waals surface area contributed by atoms with E-state index in [0.717, 1.165) is 60.9 Å². The topological polar surface area (TPSA) is 35.9 Å². The van der Waals surface area contributed by atoms with Crippen LogP contribution in [0.3, 0.4) is 0 Å². The van der Waals surface area contributed by atoms with E-state index in [-0.39, 0.29) is 5.41 Å². The summed E-state index contributed by atoms with van der Waals surface area (Å²) in [6.45, 7) is 4.83. The van der Waals surface area contributed by atoms with Gasteiger partial charge in [-0.15, -0.1) is 0 Å². The average Bonchev–Trinajstić information content (AvgIpc) is 4.15. The predicted octanol–water partition coefficient (Wildman–Crippen LogP) is 18.3. The molecule has 0 unspecified atom stereocenters. The second-order valence-electron chi connectivity index (χ2n) is 20.2. The van der Waals surface area contributed by atoms with Crippen LogP contribution in [0.1, 0.15) is 25.0 Å². The number of rotatable bonds is 4. The van der Waals surface area contributed by atoms with Gasteiger partial charge in [0.15, 0.2) is 0 Å². The van der Waals surface area contributed by atoms with Gasteiger partial charge in [-0.05, 0) is 144 Å². The molecule has 0 spiro atoms. The smallest absolute Gasteiger partial charge is 0.143 e. The molecule has 336 valence electrons. The minimum atomic E-state index is -0.214. The van der Waals surface area contributed by atoms with Crippen molar-refractivity contribution in [3.05, 3.63) is 236 Å². The number of furan rings is 1. The van der Waals surface area contributed by atoms with Crippen LogP contribution < -0.4 is 0 Å². The van der Waals surface area contributed by atoms with Crippen molar-refractivity contribution in [2.75, 3.05) is 0 Å². The molecule has 16 rings (SSSR count). The van der Waals surface area contributed by atoms with Crippen LogP contribution in [0.15, 0.2) is 229 Å². The Morgan fingerprint density at radius 3 is 1.69 bits per heavy atom. The first-order valence-electron chi connectivity index (χ1n) is 24.9. The van der Waals surface area contributed by atoms with E-state index in [0.29, 0.717) is 0 Å². The number of hydrogen-bond acceptors (Lipinski definition) is 2. The van der Waals surface area contributed by atoms with E-state index in [1.165, 1.54) is 92.9 Å². The summed E-state index contributed by atoms with van der Waals surface area (Å²) < 4.78 is 11.3. The molecule has 0 saturated carbocycles. The van der Waals surface area contributed by atoms with Gasteiger partial charge >= 0.3 is 0 Å². The van der Waals surface area contributed by atoms with Crippen LogP contribution in [0.4, 0.5) is 0 Å². The van der Waals surface area contributed by atoms with Crippen LogP contribution in [0, 0.1) is 0 Å². The van der Waals surface area contributed by atoms with Crippen molar-refractivity contribution in [1.29, 1.82) is 0 Å². The molecule has 0 fully saturated rings. The van der Waals surface area contributed by atoms with E-state index in [1.807, 2.05) is 24.5 Å². The first-order chi connectivity index (χ1) is 35.5. The predicted molar refractivity (Wildman–Crippen MR) is 301 cm³/mol. The van der Waals surface area contributed by atoms with E-state index in [9.17, 15) is 0 Å². The number of pyridine rings is 1. The highest BCUT2D eigenvalue weighted by Crippen LogP contribution is 2.55. The van der Waals surface area contributed by atoms with E-state index < -0.39 is 0 Å². The standard InChI is InChI=1S/C68H43N3O/c1-68(2)58-30-29-51-48-17-7-6-15-46(48)47-16-8-9-19-50(47)65(51)66(58)56-38-63-55(37-59(56)68)53-35-41(25-31-60(53)71(63)43-13-4-3-5-14-43)42-26-32-61-54(36-42)57-39-69-34-33-62(57)70(61)44-27-23-40(24-28-44)45-20-12-21-52-49-18-10-11-22-64(49)72-67(45)52/h3-39H,1-2H3. The minimum Gasteiger partial charge on any atom is -0.455 e. The molecule has 4 heterocycles. The molecular weight excluding hydrogens is 875 g/mol. The highest BCUT2D eigenvalue weighted by atomic mass is 16.3. The number of hydrogen-bond donors (Lipinski definition) is 0. The van der Waals surface area contributed by atoms with Gasteiger partial charge in [-0.2, -0.15) is 0 Å². The number of nitrogens with zero attached hydrogens (tertiary/aromatic N) is 3. The zero-order valence-corrected chi connectivity index (χ0v) is 39.6. The molecule has 0 bridgehead atoms. The summed E-state index contributed by atoms with van der Waals surface area (Å²) in [5, 5.41) is 14.9. The lowest BCUT2D eigenvalue weighted by Crippen LogP contribution is -2.14. The van der Waals surface area contributed by atoms with Gasteiger partial charge in [0, 0.05) is 67.1 Å². The average molecular weight is 918 g/mol. The molecule has 4 nitrogen and oxygen atoms in total. The van der Waals surface area contributed by atoms with Gasteiger partial charge < -0.3 is 13.6 Å².